The first-order chi connectivity index (χ1) is 29.0. The average Bonchev–Trinajstić information content (AvgIpc) is 3.88. The van der Waals surface area contributed by atoms with Crippen molar-refractivity contribution in [3.8, 4) is 50.7 Å². The van der Waals surface area contributed by atoms with Crippen molar-refractivity contribution < 1.29 is 0 Å². The van der Waals surface area contributed by atoms with Crippen molar-refractivity contribution in [2.45, 2.75) is 19.3 Å². The third kappa shape index (κ3) is 4.69. The van der Waals surface area contributed by atoms with Crippen LogP contribution in [0.25, 0.3) is 72.5 Å². The van der Waals surface area contributed by atoms with Gasteiger partial charge in [-0.25, -0.2) is 9.97 Å². The summed E-state index contributed by atoms with van der Waals surface area (Å²) in [7, 11) is -2.91. The molecule has 0 bridgehead atoms. The molecule has 0 N–H and O–H groups in total. The van der Waals surface area contributed by atoms with Gasteiger partial charge in [-0.05, 0) is 56.0 Å². The van der Waals surface area contributed by atoms with Crippen LogP contribution in [0, 0.1) is 0 Å². The van der Waals surface area contributed by atoms with E-state index in [1.165, 1.54) is 70.4 Å². The second-order valence-electron chi connectivity index (χ2n) is 16.5. The zero-order chi connectivity index (χ0) is 39.3. The number of hydrogen-bond donors (Lipinski definition) is 0. The molecule has 10 aromatic rings. The molecule has 1 aliphatic carbocycles. The summed E-state index contributed by atoms with van der Waals surface area (Å²) >= 11 is 0. The Kier molecular flexibility index (Phi) is 7.29. The third-order valence-electron chi connectivity index (χ3n) is 13.1. The molecule has 2 aromatic heterocycles. The van der Waals surface area contributed by atoms with Gasteiger partial charge in [0.05, 0.1) is 22.4 Å². The summed E-state index contributed by atoms with van der Waals surface area (Å²) in [4.78, 5) is 11.1. The van der Waals surface area contributed by atoms with E-state index in [1.807, 2.05) is 0 Å². The lowest BCUT2D eigenvalue weighted by Crippen LogP contribution is -2.73. The maximum absolute atomic E-state index is 5.61. The predicted molar refractivity (Wildman–Crippen MR) is 247 cm³/mol. The summed E-state index contributed by atoms with van der Waals surface area (Å²) in [5.41, 5.74) is 14.2. The fraction of sp³-hybridized carbons (Fsp3) is 0.0545. The number of hydrogen-bond acceptors (Lipinski definition) is 2. The van der Waals surface area contributed by atoms with E-state index in [0.29, 0.717) is 0 Å². The third-order valence-corrected chi connectivity index (χ3v) is 17.9. The van der Waals surface area contributed by atoms with E-state index in [-0.39, 0.29) is 5.41 Å². The predicted octanol–water partition coefficient (Wildman–Crippen LogP) is 10.6. The molecular formula is C55H39N3Si. The first-order valence-corrected chi connectivity index (χ1v) is 22.5. The van der Waals surface area contributed by atoms with E-state index in [1.54, 1.807) is 0 Å². The van der Waals surface area contributed by atoms with Gasteiger partial charge in [0.2, 0.25) is 0 Å². The Hall–Kier alpha value is -7.14. The zero-order valence-electron chi connectivity index (χ0n) is 32.9. The largest absolute Gasteiger partial charge is 0.309 e. The molecular weight excluding hydrogens is 731 g/mol. The Morgan fingerprint density at radius 2 is 1.05 bits per heavy atom. The van der Waals surface area contributed by atoms with Crippen molar-refractivity contribution in [1.82, 2.24) is 14.5 Å². The number of benzene rings is 8. The average molecular weight is 770 g/mol. The number of nitrogens with zero attached hydrogens (tertiary/aromatic N) is 3. The van der Waals surface area contributed by atoms with Gasteiger partial charge in [0.15, 0.2) is 13.9 Å². The minimum absolute atomic E-state index is 0.162. The summed E-state index contributed by atoms with van der Waals surface area (Å²) < 4.78 is 2.50. The molecule has 2 aliphatic rings. The molecule has 0 spiro atoms. The van der Waals surface area contributed by atoms with E-state index in [2.05, 4.69) is 219 Å². The van der Waals surface area contributed by atoms with Gasteiger partial charge in [-0.1, -0.05) is 196 Å². The Bertz CT molecular complexity index is 3240. The number of aromatic nitrogens is 3. The lowest BCUT2D eigenvalue weighted by Gasteiger charge is -2.32. The van der Waals surface area contributed by atoms with Crippen molar-refractivity contribution in [3.63, 3.8) is 0 Å². The highest BCUT2D eigenvalue weighted by atomic mass is 28.3. The monoisotopic (exact) mass is 769 g/mol. The fourth-order valence-electron chi connectivity index (χ4n) is 10.6. The van der Waals surface area contributed by atoms with Gasteiger partial charge in [0, 0.05) is 43.8 Å². The minimum Gasteiger partial charge on any atom is -0.309 e. The van der Waals surface area contributed by atoms with E-state index in [4.69, 9.17) is 9.97 Å². The maximum atomic E-state index is 5.61. The molecule has 8 aromatic carbocycles. The van der Waals surface area contributed by atoms with Gasteiger partial charge in [-0.2, -0.15) is 0 Å². The van der Waals surface area contributed by atoms with Crippen LogP contribution >= 0.6 is 0 Å². The van der Waals surface area contributed by atoms with Gasteiger partial charge >= 0.3 is 0 Å². The molecule has 59 heavy (non-hydrogen) atoms. The SMILES string of the molecule is CC1(C)c2ccccc2-c2ccc3c4ccccc4n(-c4ccc(-c5nc(-c6ccccc6)nc6c5[Si](c5ccccc5)(c5ccccc5)c5ccccc5-6)cc4)c3c21. The first kappa shape index (κ1) is 33.9. The number of para-hydroxylation sites is 1. The van der Waals surface area contributed by atoms with Gasteiger partial charge in [0.25, 0.3) is 0 Å². The summed E-state index contributed by atoms with van der Waals surface area (Å²) in [6, 6.07) is 73.4. The Morgan fingerprint density at radius 1 is 0.458 bits per heavy atom. The number of fused-ring (bicyclic) bond motifs is 10. The molecule has 0 saturated heterocycles. The maximum Gasteiger partial charge on any atom is 0.185 e. The second-order valence-corrected chi connectivity index (χ2v) is 20.2. The molecule has 0 amide bonds. The molecule has 0 fully saturated rings. The summed E-state index contributed by atoms with van der Waals surface area (Å²) in [5, 5.41) is 7.81. The zero-order valence-corrected chi connectivity index (χ0v) is 33.9. The Morgan fingerprint density at radius 3 is 1.78 bits per heavy atom. The van der Waals surface area contributed by atoms with Crippen molar-refractivity contribution >= 4 is 50.6 Å². The van der Waals surface area contributed by atoms with Gasteiger partial charge in [-0.3, -0.25) is 0 Å². The Balaban J connectivity index is 1.14. The second kappa shape index (κ2) is 12.7. The normalized spacial score (nSPS) is 14.2. The van der Waals surface area contributed by atoms with Crippen molar-refractivity contribution in [2.24, 2.45) is 0 Å². The molecule has 3 heterocycles. The molecule has 0 radical (unpaired) electrons. The molecule has 0 unspecified atom stereocenters. The van der Waals surface area contributed by atoms with Crippen LogP contribution in [0.3, 0.4) is 0 Å². The molecule has 278 valence electrons. The topological polar surface area (TPSA) is 30.7 Å². The fourth-order valence-corrected chi connectivity index (χ4v) is 15.8. The van der Waals surface area contributed by atoms with Gasteiger partial charge in [0.1, 0.15) is 0 Å². The lowest BCUT2D eigenvalue weighted by molar-refractivity contribution is 0.664. The van der Waals surface area contributed by atoms with Gasteiger partial charge < -0.3 is 4.57 Å². The molecule has 0 saturated carbocycles. The van der Waals surface area contributed by atoms with Crippen LogP contribution in [0.4, 0.5) is 0 Å². The number of rotatable bonds is 5. The molecule has 1 aliphatic heterocycles. The van der Waals surface area contributed by atoms with E-state index in [0.717, 1.165) is 34.0 Å². The smallest absolute Gasteiger partial charge is 0.185 e. The van der Waals surface area contributed by atoms with Crippen LogP contribution in [-0.2, 0) is 5.41 Å². The van der Waals surface area contributed by atoms with Crippen molar-refractivity contribution in [2.75, 3.05) is 0 Å². The highest BCUT2D eigenvalue weighted by Gasteiger charge is 2.51. The molecule has 3 nitrogen and oxygen atoms in total. The van der Waals surface area contributed by atoms with Crippen LogP contribution in [0.2, 0.25) is 0 Å². The summed E-state index contributed by atoms with van der Waals surface area (Å²) in [6.07, 6.45) is 0. The standard InChI is InChI=1S/C55H39N3Si/c1-55(2)46-27-15-12-24-41(46)43-34-35-44-42-25-13-16-28-47(42)58(52(44)49(43)55)38-32-30-36(31-33-38)50-53-51(57-54(56-50)37-18-6-3-7-19-37)45-26-14-17-29-48(45)59(53,39-20-8-4-9-21-39)40-22-10-5-11-23-40/h3-35H,1-2H3. The highest BCUT2D eigenvalue weighted by molar-refractivity contribution is 7.22. The van der Waals surface area contributed by atoms with E-state index >= 15 is 0 Å². The highest BCUT2D eigenvalue weighted by Crippen LogP contribution is 2.53. The Labute approximate surface area is 345 Å². The molecule has 12 rings (SSSR count). The summed E-state index contributed by atoms with van der Waals surface area (Å²) in [6.45, 7) is 4.77. The summed E-state index contributed by atoms with van der Waals surface area (Å²) in [5.74, 6) is 0.740. The van der Waals surface area contributed by atoms with Crippen molar-refractivity contribution in [1.29, 1.82) is 0 Å². The van der Waals surface area contributed by atoms with E-state index in [9.17, 15) is 0 Å². The van der Waals surface area contributed by atoms with Crippen molar-refractivity contribution in [3.05, 3.63) is 211 Å². The molecule has 0 atom stereocenters. The van der Waals surface area contributed by atoms with Crippen LogP contribution < -0.4 is 20.7 Å². The lowest BCUT2D eigenvalue weighted by atomic mass is 9.81. The minimum atomic E-state index is -2.91. The van der Waals surface area contributed by atoms with Crippen LogP contribution in [-0.4, -0.2) is 22.6 Å². The van der Waals surface area contributed by atoms with Crippen LogP contribution in [0.15, 0.2) is 200 Å². The van der Waals surface area contributed by atoms with Crippen LogP contribution in [0.5, 0.6) is 0 Å². The van der Waals surface area contributed by atoms with Crippen LogP contribution in [0.1, 0.15) is 25.0 Å². The quantitative estimate of drug-likeness (QED) is 0.163. The first-order valence-electron chi connectivity index (χ1n) is 20.5. The molecule has 4 heteroatoms. The van der Waals surface area contributed by atoms with Gasteiger partial charge in [-0.15, -0.1) is 0 Å². The van der Waals surface area contributed by atoms with E-state index < -0.39 is 8.07 Å².